The molecule has 20 heavy (non-hydrogen) atoms. The van der Waals surface area contributed by atoms with Crippen molar-refractivity contribution in [3.63, 3.8) is 0 Å². The van der Waals surface area contributed by atoms with E-state index in [1.54, 1.807) is 0 Å². The molecule has 0 radical (unpaired) electrons. The molecule has 1 unspecified atom stereocenters. The third-order valence-corrected chi connectivity index (χ3v) is 3.69. The molecule has 102 valence electrons. The van der Waals surface area contributed by atoms with Crippen molar-refractivity contribution in [1.29, 1.82) is 5.26 Å². The van der Waals surface area contributed by atoms with Crippen molar-refractivity contribution >= 4 is 0 Å². The first kappa shape index (κ1) is 12.8. The lowest BCUT2D eigenvalue weighted by molar-refractivity contribution is 0.516. The Labute approximate surface area is 118 Å². The molecule has 0 spiro atoms. The van der Waals surface area contributed by atoms with Crippen molar-refractivity contribution in [2.75, 3.05) is 0 Å². The summed E-state index contributed by atoms with van der Waals surface area (Å²) in [6.07, 6.45) is 2.19. The fraction of sp³-hybridized carbons (Fsp3) is 0.400. The van der Waals surface area contributed by atoms with E-state index < -0.39 is 0 Å². The van der Waals surface area contributed by atoms with Gasteiger partial charge in [0.2, 0.25) is 0 Å². The molecule has 0 bridgehead atoms. The van der Waals surface area contributed by atoms with E-state index in [9.17, 15) is 0 Å². The molecule has 0 fully saturated rings. The van der Waals surface area contributed by atoms with Gasteiger partial charge in [-0.3, -0.25) is 0 Å². The standard InChI is InChI=1S/C15H17N5/c1-11(15-19-18-14-6-3-7-20(14)15)17-10-13-5-2-4-12(8-13)9-16/h2,4-5,8,11,17H,3,6-7,10H2,1H3. The second-order valence-electron chi connectivity index (χ2n) is 5.14. The number of aromatic nitrogens is 3. The number of hydrogen-bond donors (Lipinski definition) is 1. The Hall–Kier alpha value is -2.19. The molecule has 3 rings (SSSR count). The molecule has 0 amide bonds. The van der Waals surface area contributed by atoms with Crippen molar-refractivity contribution in [3.05, 3.63) is 47.0 Å². The summed E-state index contributed by atoms with van der Waals surface area (Å²) in [5.41, 5.74) is 1.80. The van der Waals surface area contributed by atoms with Crippen LogP contribution in [0.4, 0.5) is 0 Å². The number of fused-ring (bicyclic) bond motifs is 1. The van der Waals surface area contributed by atoms with Gasteiger partial charge in [-0.05, 0) is 31.0 Å². The van der Waals surface area contributed by atoms with E-state index in [2.05, 4.69) is 33.1 Å². The van der Waals surface area contributed by atoms with Gasteiger partial charge in [-0.2, -0.15) is 5.26 Å². The Balaban J connectivity index is 1.67. The van der Waals surface area contributed by atoms with E-state index in [0.717, 1.165) is 43.1 Å². The topological polar surface area (TPSA) is 66.5 Å². The van der Waals surface area contributed by atoms with Gasteiger partial charge in [0.1, 0.15) is 11.6 Å². The Bertz CT molecular complexity index is 653. The minimum atomic E-state index is 0.153. The molecule has 0 saturated heterocycles. The highest BCUT2D eigenvalue weighted by molar-refractivity contribution is 5.32. The fourth-order valence-electron chi connectivity index (χ4n) is 2.61. The maximum Gasteiger partial charge on any atom is 0.149 e. The Kier molecular flexibility index (Phi) is 3.48. The monoisotopic (exact) mass is 267 g/mol. The maximum atomic E-state index is 8.90. The van der Waals surface area contributed by atoms with Gasteiger partial charge in [-0.25, -0.2) is 0 Å². The normalized spacial score (nSPS) is 14.8. The van der Waals surface area contributed by atoms with Gasteiger partial charge in [-0.1, -0.05) is 12.1 Å². The number of hydrogen-bond acceptors (Lipinski definition) is 4. The van der Waals surface area contributed by atoms with Crippen LogP contribution in [0.15, 0.2) is 24.3 Å². The van der Waals surface area contributed by atoms with Crippen molar-refractivity contribution < 1.29 is 0 Å². The van der Waals surface area contributed by atoms with Gasteiger partial charge in [-0.15, -0.1) is 10.2 Å². The van der Waals surface area contributed by atoms with Crippen LogP contribution in [0.1, 0.15) is 42.2 Å². The van der Waals surface area contributed by atoms with Crippen LogP contribution in [0.2, 0.25) is 0 Å². The number of rotatable bonds is 4. The molecule has 1 aliphatic heterocycles. The summed E-state index contributed by atoms with van der Waals surface area (Å²) >= 11 is 0. The fourth-order valence-corrected chi connectivity index (χ4v) is 2.61. The summed E-state index contributed by atoms with van der Waals surface area (Å²) in [5.74, 6) is 2.11. The zero-order valence-corrected chi connectivity index (χ0v) is 11.5. The molecule has 2 aromatic rings. The third-order valence-electron chi connectivity index (χ3n) is 3.69. The van der Waals surface area contributed by atoms with Crippen LogP contribution in [0.5, 0.6) is 0 Å². The van der Waals surface area contributed by atoms with E-state index in [1.165, 1.54) is 0 Å². The van der Waals surface area contributed by atoms with E-state index in [0.29, 0.717) is 5.56 Å². The summed E-state index contributed by atoms with van der Waals surface area (Å²) in [5, 5.41) is 20.9. The van der Waals surface area contributed by atoms with Gasteiger partial charge in [0.15, 0.2) is 0 Å². The Morgan fingerprint density at radius 3 is 3.20 bits per heavy atom. The molecule has 5 nitrogen and oxygen atoms in total. The third kappa shape index (κ3) is 2.43. The van der Waals surface area contributed by atoms with Crippen molar-refractivity contribution in [2.24, 2.45) is 0 Å². The molecule has 1 atom stereocenters. The SMILES string of the molecule is CC(NCc1cccc(C#N)c1)c1nnc2n1CCC2. The molecular weight excluding hydrogens is 250 g/mol. The lowest BCUT2D eigenvalue weighted by atomic mass is 10.1. The number of nitriles is 1. The van der Waals surface area contributed by atoms with Crippen LogP contribution in [-0.4, -0.2) is 14.8 Å². The predicted molar refractivity (Wildman–Crippen MR) is 74.8 cm³/mol. The van der Waals surface area contributed by atoms with E-state index in [4.69, 9.17) is 5.26 Å². The number of benzene rings is 1. The lowest BCUT2D eigenvalue weighted by Gasteiger charge is -2.14. The van der Waals surface area contributed by atoms with Crippen molar-refractivity contribution in [3.8, 4) is 6.07 Å². The molecule has 1 N–H and O–H groups in total. The first-order valence-electron chi connectivity index (χ1n) is 6.92. The highest BCUT2D eigenvalue weighted by Gasteiger charge is 2.20. The summed E-state index contributed by atoms with van der Waals surface area (Å²) in [6.45, 7) is 3.84. The summed E-state index contributed by atoms with van der Waals surface area (Å²) in [4.78, 5) is 0. The maximum absolute atomic E-state index is 8.90. The molecule has 5 heteroatoms. The quantitative estimate of drug-likeness (QED) is 0.919. The molecule has 1 aromatic heterocycles. The van der Waals surface area contributed by atoms with Crippen LogP contribution in [-0.2, 0) is 19.5 Å². The van der Waals surface area contributed by atoms with Gasteiger partial charge in [0.05, 0.1) is 17.7 Å². The average molecular weight is 267 g/mol. The summed E-state index contributed by atoms with van der Waals surface area (Å²) in [6, 6.07) is 9.98. The highest BCUT2D eigenvalue weighted by atomic mass is 15.3. The summed E-state index contributed by atoms with van der Waals surface area (Å²) in [7, 11) is 0. The Morgan fingerprint density at radius 1 is 1.45 bits per heavy atom. The van der Waals surface area contributed by atoms with E-state index >= 15 is 0 Å². The number of aryl methyl sites for hydroxylation is 1. The zero-order valence-electron chi connectivity index (χ0n) is 11.5. The first-order valence-corrected chi connectivity index (χ1v) is 6.92. The number of nitrogens with one attached hydrogen (secondary N) is 1. The van der Waals surface area contributed by atoms with Gasteiger partial charge in [0.25, 0.3) is 0 Å². The van der Waals surface area contributed by atoms with E-state index in [-0.39, 0.29) is 6.04 Å². The molecule has 1 aromatic carbocycles. The molecular formula is C15H17N5. The summed E-state index contributed by atoms with van der Waals surface area (Å²) < 4.78 is 2.21. The molecule has 0 aliphatic carbocycles. The van der Waals surface area contributed by atoms with Crippen LogP contribution >= 0.6 is 0 Å². The zero-order chi connectivity index (χ0) is 13.9. The van der Waals surface area contributed by atoms with Crippen molar-refractivity contribution in [1.82, 2.24) is 20.1 Å². The number of nitrogens with zero attached hydrogens (tertiary/aromatic N) is 4. The lowest BCUT2D eigenvalue weighted by Crippen LogP contribution is -2.21. The van der Waals surface area contributed by atoms with Crippen LogP contribution in [0.3, 0.4) is 0 Å². The first-order chi connectivity index (χ1) is 9.78. The smallest absolute Gasteiger partial charge is 0.149 e. The minimum absolute atomic E-state index is 0.153. The van der Waals surface area contributed by atoms with Crippen LogP contribution < -0.4 is 5.32 Å². The highest BCUT2D eigenvalue weighted by Crippen LogP contribution is 2.19. The molecule has 0 saturated carbocycles. The van der Waals surface area contributed by atoms with Crippen LogP contribution in [0.25, 0.3) is 0 Å². The van der Waals surface area contributed by atoms with E-state index in [1.807, 2.05) is 24.3 Å². The minimum Gasteiger partial charge on any atom is -0.314 e. The largest absolute Gasteiger partial charge is 0.314 e. The van der Waals surface area contributed by atoms with Gasteiger partial charge >= 0.3 is 0 Å². The molecule has 1 aliphatic rings. The van der Waals surface area contributed by atoms with Crippen molar-refractivity contribution in [2.45, 2.75) is 38.9 Å². The second kappa shape index (κ2) is 5.43. The van der Waals surface area contributed by atoms with Gasteiger partial charge < -0.3 is 9.88 Å². The Morgan fingerprint density at radius 2 is 2.35 bits per heavy atom. The molecule has 2 heterocycles. The second-order valence-corrected chi connectivity index (χ2v) is 5.14. The average Bonchev–Trinajstić information content (AvgIpc) is 3.07. The predicted octanol–water partition coefficient (Wildman–Crippen LogP) is 1.95. The van der Waals surface area contributed by atoms with Gasteiger partial charge in [0, 0.05) is 19.5 Å². The van der Waals surface area contributed by atoms with Crippen LogP contribution in [0, 0.1) is 11.3 Å².